The Bertz CT molecular complexity index is 728. The highest BCUT2D eigenvalue weighted by atomic mass is 79.9. The average Bonchev–Trinajstić information content (AvgIpc) is 2.89. The Kier molecular flexibility index (Phi) is 3.02. The van der Waals surface area contributed by atoms with E-state index in [1.54, 1.807) is 0 Å². The van der Waals surface area contributed by atoms with Crippen molar-refractivity contribution in [1.29, 1.82) is 0 Å². The molecule has 0 spiro atoms. The molecule has 0 aliphatic carbocycles. The fraction of sp³-hybridized carbons (Fsp3) is 0.231. The summed E-state index contributed by atoms with van der Waals surface area (Å²) in [5.41, 5.74) is 9.09. The molecule has 0 fully saturated rings. The highest BCUT2D eigenvalue weighted by molar-refractivity contribution is 9.10. The summed E-state index contributed by atoms with van der Waals surface area (Å²) in [6.07, 6.45) is 3.87. The number of anilines is 1. The van der Waals surface area contributed by atoms with Crippen molar-refractivity contribution in [3.05, 3.63) is 40.6 Å². The average molecular weight is 320 g/mol. The number of aromatic nitrogens is 4. The topological polar surface area (TPSA) is 61.7 Å². The first-order valence-electron chi connectivity index (χ1n) is 6.04. The molecule has 2 heterocycles. The highest BCUT2D eigenvalue weighted by Gasteiger charge is 2.08. The molecule has 1 aromatic carbocycles. The van der Waals surface area contributed by atoms with E-state index in [0.717, 1.165) is 34.2 Å². The van der Waals surface area contributed by atoms with Gasteiger partial charge in [0, 0.05) is 17.2 Å². The third-order valence-corrected chi connectivity index (χ3v) is 3.55. The van der Waals surface area contributed by atoms with Crippen molar-refractivity contribution >= 4 is 32.9 Å². The van der Waals surface area contributed by atoms with Gasteiger partial charge >= 0.3 is 0 Å². The SMILES string of the molecule is Cc1cnn(CCn2c(N)nc3cc(Br)ccc32)c1. The maximum Gasteiger partial charge on any atom is 0.201 e. The van der Waals surface area contributed by atoms with Crippen molar-refractivity contribution in [2.75, 3.05) is 5.73 Å². The number of fused-ring (bicyclic) bond motifs is 1. The summed E-state index contributed by atoms with van der Waals surface area (Å²) in [5, 5.41) is 4.27. The van der Waals surface area contributed by atoms with Gasteiger partial charge in [-0.1, -0.05) is 15.9 Å². The maximum atomic E-state index is 5.98. The molecule has 2 N–H and O–H groups in total. The van der Waals surface area contributed by atoms with Gasteiger partial charge in [0.05, 0.1) is 23.8 Å². The molecule has 3 rings (SSSR count). The number of aryl methyl sites for hydroxylation is 3. The Labute approximate surface area is 119 Å². The lowest BCUT2D eigenvalue weighted by atomic mass is 10.3. The lowest BCUT2D eigenvalue weighted by Crippen LogP contribution is -2.10. The smallest absolute Gasteiger partial charge is 0.201 e. The summed E-state index contributed by atoms with van der Waals surface area (Å²) in [6.45, 7) is 3.56. The van der Waals surface area contributed by atoms with Crippen LogP contribution in [0.4, 0.5) is 5.95 Å². The first kappa shape index (κ1) is 12.2. The zero-order valence-corrected chi connectivity index (χ0v) is 12.1. The molecule has 3 aromatic rings. The number of nitrogens with two attached hydrogens (primary N) is 1. The van der Waals surface area contributed by atoms with Crippen LogP contribution in [0, 0.1) is 6.92 Å². The second kappa shape index (κ2) is 4.70. The summed E-state index contributed by atoms with van der Waals surface area (Å²) in [7, 11) is 0. The predicted molar refractivity (Wildman–Crippen MR) is 78.8 cm³/mol. The van der Waals surface area contributed by atoms with Gasteiger partial charge in [-0.3, -0.25) is 4.68 Å². The molecule has 19 heavy (non-hydrogen) atoms. The number of nitrogen functional groups attached to an aromatic ring is 1. The van der Waals surface area contributed by atoms with Gasteiger partial charge in [-0.2, -0.15) is 5.10 Å². The van der Waals surface area contributed by atoms with Gasteiger partial charge in [0.1, 0.15) is 0 Å². The van der Waals surface area contributed by atoms with Crippen LogP contribution in [0.3, 0.4) is 0 Å². The molecule has 5 nitrogen and oxygen atoms in total. The van der Waals surface area contributed by atoms with Gasteiger partial charge in [0.15, 0.2) is 0 Å². The van der Waals surface area contributed by atoms with E-state index in [2.05, 4.69) is 26.0 Å². The van der Waals surface area contributed by atoms with E-state index >= 15 is 0 Å². The van der Waals surface area contributed by atoms with E-state index < -0.39 is 0 Å². The number of nitrogens with zero attached hydrogens (tertiary/aromatic N) is 4. The summed E-state index contributed by atoms with van der Waals surface area (Å²) >= 11 is 3.44. The van der Waals surface area contributed by atoms with Crippen molar-refractivity contribution in [2.45, 2.75) is 20.0 Å². The first-order valence-corrected chi connectivity index (χ1v) is 6.83. The molecule has 0 saturated carbocycles. The van der Waals surface area contributed by atoms with Crippen molar-refractivity contribution in [2.24, 2.45) is 0 Å². The predicted octanol–water partition coefficient (Wildman–Crippen LogP) is 2.59. The maximum absolute atomic E-state index is 5.98. The van der Waals surface area contributed by atoms with Crippen LogP contribution in [0.1, 0.15) is 5.56 Å². The summed E-state index contributed by atoms with van der Waals surface area (Å²) in [5.74, 6) is 0.539. The lowest BCUT2D eigenvalue weighted by molar-refractivity contribution is 0.544. The Morgan fingerprint density at radius 3 is 2.89 bits per heavy atom. The highest BCUT2D eigenvalue weighted by Crippen LogP contribution is 2.22. The Balaban J connectivity index is 1.90. The standard InChI is InChI=1S/C13H14BrN5/c1-9-7-16-18(8-9)4-5-19-12-3-2-10(14)6-11(12)17-13(19)15/h2-3,6-8H,4-5H2,1H3,(H2,15,17). The van der Waals surface area contributed by atoms with Crippen LogP contribution in [0.5, 0.6) is 0 Å². The van der Waals surface area contributed by atoms with E-state index in [0.29, 0.717) is 5.95 Å². The van der Waals surface area contributed by atoms with Gasteiger partial charge in [0.2, 0.25) is 5.95 Å². The fourth-order valence-electron chi connectivity index (χ4n) is 2.15. The molecule has 6 heteroatoms. The molecular formula is C13H14BrN5. The molecule has 0 amide bonds. The molecule has 0 saturated heterocycles. The third kappa shape index (κ3) is 2.35. The van der Waals surface area contributed by atoms with E-state index in [1.807, 2.05) is 46.8 Å². The lowest BCUT2D eigenvalue weighted by Gasteiger charge is -2.06. The molecule has 2 aromatic heterocycles. The number of hydrogen-bond acceptors (Lipinski definition) is 3. The van der Waals surface area contributed by atoms with Gasteiger partial charge in [0.25, 0.3) is 0 Å². The Morgan fingerprint density at radius 1 is 1.32 bits per heavy atom. The minimum atomic E-state index is 0.539. The van der Waals surface area contributed by atoms with E-state index in [1.165, 1.54) is 0 Å². The summed E-state index contributed by atoms with van der Waals surface area (Å²) in [4.78, 5) is 4.37. The number of rotatable bonds is 3. The molecule has 0 aliphatic rings. The first-order chi connectivity index (χ1) is 9.13. The molecule has 0 bridgehead atoms. The zero-order valence-electron chi connectivity index (χ0n) is 10.5. The number of hydrogen-bond donors (Lipinski definition) is 1. The number of benzene rings is 1. The van der Waals surface area contributed by atoms with Gasteiger partial charge < -0.3 is 10.3 Å². The summed E-state index contributed by atoms with van der Waals surface area (Å²) in [6, 6.07) is 6.00. The second-order valence-electron chi connectivity index (χ2n) is 4.54. The van der Waals surface area contributed by atoms with Crippen molar-refractivity contribution in [3.63, 3.8) is 0 Å². The molecule has 98 valence electrons. The molecule has 0 radical (unpaired) electrons. The second-order valence-corrected chi connectivity index (χ2v) is 5.45. The van der Waals surface area contributed by atoms with Crippen LogP contribution in [0.25, 0.3) is 11.0 Å². The van der Waals surface area contributed by atoms with Crippen molar-refractivity contribution < 1.29 is 0 Å². The minimum absolute atomic E-state index is 0.539. The van der Waals surface area contributed by atoms with Crippen LogP contribution >= 0.6 is 15.9 Å². The van der Waals surface area contributed by atoms with Crippen LogP contribution in [0.15, 0.2) is 35.1 Å². The Morgan fingerprint density at radius 2 is 2.16 bits per heavy atom. The normalized spacial score (nSPS) is 11.3. The fourth-order valence-corrected chi connectivity index (χ4v) is 2.50. The minimum Gasteiger partial charge on any atom is -0.369 e. The molecule has 0 aliphatic heterocycles. The largest absolute Gasteiger partial charge is 0.369 e. The molecule has 0 unspecified atom stereocenters. The molecular weight excluding hydrogens is 306 g/mol. The summed E-state index contributed by atoms with van der Waals surface area (Å²) < 4.78 is 4.94. The van der Waals surface area contributed by atoms with E-state index in [-0.39, 0.29) is 0 Å². The Hall–Kier alpha value is -1.82. The third-order valence-electron chi connectivity index (χ3n) is 3.05. The van der Waals surface area contributed by atoms with Crippen LogP contribution in [0.2, 0.25) is 0 Å². The zero-order chi connectivity index (χ0) is 13.4. The van der Waals surface area contributed by atoms with E-state index in [9.17, 15) is 0 Å². The van der Waals surface area contributed by atoms with Gasteiger partial charge in [-0.15, -0.1) is 0 Å². The number of imidazole rings is 1. The number of halogens is 1. The quantitative estimate of drug-likeness (QED) is 0.807. The molecule has 0 atom stereocenters. The monoisotopic (exact) mass is 319 g/mol. The van der Waals surface area contributed by atoms with E-state index in [4.69, 9.17) is 5.73 Å². The van der Waals surface area contributed by atoms with Crippen molar-refractivity contribution in [3.8, 4) is 0 Å². The van der Waals surface area contributed by atoms with Crippen LogP contribution in [-0.4, -0.2) is 19.3 Å². The van der Waals surface area contributed by atoms with Crippen LogP contribution in [-0.2, 0) is 13.1 Å². The van der Waals surface area contributed by atoms with Crippen LogP contribution < -0.4 is 5.73 Å². The van der Waals surface area contributed by atoms with Gasteiger partial charge in [-0.05, 0) is 30.7 Å². The van der Waals surface area contributed by atoms with Crippen molar-refractivity contribution in [1.82, 2.24) is 19.3 Å². The van der Waals surface area contributed by atoms with Gasteiger partial charge in [-0.25, -0.2) is 4.98 Å².